The summed E-state index contributed by atoms with van der Waals surface area (Å²) < 4.78 is 30.2. The molecule has 112 valence electrons. The number of benzene rings is 2. The van der Waals surface area contributed by atoms with Crippen LogP contribution in [0.3, 0.4) is 0 Å². The average molecular weight is 305 g/mol. The van der Waals surface area contributed by atoms with Crippen molar-refractivity contribution < 1.29 is 13.2 Å². The van der Waals surface area contributed by atoms with E-state index in [1.54, 1.807) is 37.4 Å². The van der Waals surface area contributed by atoms with E-state index in [9.17, 15) is 8.42 Å². The van der Waals surface area contributed by atoms with Gasteiger partial charge < -0.3 is 10.1 Å². The lowest BCUT2D eigenvalue weighted by Gasteiger charge is -2.11. The van der Waals surface area contributed by atoms with Gasteiger partial charge in [0, 0.05) is 12.1 Å². The SMILES string of the molecule is CNCc1ccc(OC)c(CS(=O)(=O)c2ccccc2)c1. The van der Waals surface area contributed by atoms with Crippen molar-refractivity contribution in [2.45, 2.75) is 17.2 Å². The van der Waals surface area contributed by atoms with Crippen molar-refractivity contribution in [3.8, 4) is 5.75 Å². The molecule has 0 radical (unpaired) electrons. The lowest BCUT2D eigenvalue weighted by Crippen LogP contribution is -2.09. The summed E-state index contributed by atoms with van der Waals surface area (Å²) in [4.78, 5) is 0.325. The zero-order valence-corrected chi connectivity index (χ0v) is 13.0. The third-order valence-electron chi connectivity index (χ3n) is 3.17. The number of methoxy groups -OCH3 is 1. The normalized spacial score (nSPS) is 11.3. The van der Waals surface area contributed by atoms with Gasteiger partial charge in [0.15, 0.2) is 9.84 Å². The number of rotatable bonds is 6. The summed E-state index contributed by atoms with van der Waals surface area (Å²) in [5, 5.41) is 3.05. The van der Waals surface area contributed by atoms with Gasteiger partial charge in [-0.15, -0.1) is 0 Å². The van der Waals surface area contributed by atoms with Crippen LogP contribution in [-0.4, -0.2) is 22.6 Å². The zero-order chi connectivity index (χ0) is 15.3. The van der Waals surface area contributed by atoms with Gasteiger partial charge in [-0.2, -0.15) is 0 Å². The molecule has 0 saturated heterocycles. The predicted molar refractivity (Wildman–Crippen MR) is 83.1 cm³/mol. The van der Waals surface area contributed by atoms with Crippen LogP contribution in [0.1, 0.15) is 11.1 Å². The number of ether oxygens (including phenoxy) is 1. The maximum atomic E-state index is 12.5. The molecule has 0 fully saturated rings. The summed E-state index contributed by atoms with van der Waals surface area (Å²) in [5.41, 5.74) is 1.70. The van der Waals surface area contributed by atoms with E-state index in [4.69, 9.17) is 4.74 Å². The highest BCUT2D eigenvalue weighted by Gasteiger charge is 2.17. The first kappa shape index (κ1) is 15.5. The Labute approximate surface area is 125 Å². The number of hydrogen-bond acceptors (Lipinski definition) is 4. The fraction of sp³-hybridized carbons (Fsp3) is 0.250. The Kier molecular flexibility index (Phi) is 4.98. The van der Waals surface area contributed by atoms with Crippen molar-refractivity contribution in [2.75, 3.05) is 14.2 Å². The summed E-state index contributed by atoms with van der Waals surface area (Å²) in [6.45, 7) is 0.683. The molecule has 2 aromatic rings. The lowest BCUT2D eigenvalue weighted by atomic mass is 10.1. The van der Waals surface area contributed by atoms with E-state index < -0.39 is 9.84 Å². The molecule has 0 heterocycles. The highest BCUT2D eigenvalue weighted by atomic mass is 32.2. The van der Waals surface area contributed by atoms with E-state index in [1.165, 1.54) is 0 Å². The first-order chi connectivity index (χ1) is 10.1. The van der Waals surface area contributed by atoms with Crippen molar-refractivity contribution in [1.29, 1.82) is 0 Å². The summed E-state index contributed by atoms with van der Waals surface area (Å²) in [5.74, 6) is 0.520. The summed E-state index contributed by atoms with van der Waals surface area (Å²) in [7, 11) is 0.0211. The molecular formula is C16H19NO3S. The fourth-order valence-electron chi connectivity index (χ4n) is 2.17. The van der Waals surface area contributed by atoms with E-state index >= 15 is 0 Å². The number of nitrogens with one attached hydrogen (secondary N) is 1. The van der Waals surface area contributed by atoms with Gasteiger partial charge in [-0.1, -0.05) is 24.3 Å². The highest BCUT2D eigenvalue weighted by Crippen LogP contribution is 2.25. The third kappa shape index (κ3) is 3.83. The molecule has 0 aromatic heterocycles. The van der Waals surface area contributed by atoms with Crippen LogP contribution in [0.15, 0.2) is 53.4 Å². The minimum Gasteiger partial charge on any atom is -0.496 e. The summed E-state index contributed by atoms with van der Waals surface area (Å²) in [6, 6.07) is 14.1. The second-order valence-electron chi connectivity index (χ2n) is 4.75. The maximum Gasteiger partial charge on any atom is 0.182 e. The van der Waals surface area contributed by atoms with Crippen molar-refractivity contribution in [1.82, 2.24) is 5.32 Å². The van der Waals surface area contributed by atoms with E-state index in [0.29, 0.717) is 22.8 Å². The lowest BCUT2D eigenvalue weighted by molar-refractivity contribution is 0.410. The topological polar surface area (TPSA) is 55.4 Å². The fourth-order valence-corrected chi connectivity index (χ4v) is 3.55. The van der Waals surface area contributed by atoms with E-state index in [2.05, 4.69) is 5.32 Å². The summed E-state index contributed by atoms with van der Waals surface area (Å²) >= 11 is 0. The maximum absolute atomic E-state index is 12.5. The van der Waals surface area contributed by atoms with Crippen molar-refractivity contribution in [2.24, 2.45) is 0 Å². The van der Waals surface area contributed by atoms with Crippen LogP contribution < -0.4 is 10.1 Å². The van der Waals surface area contributed by atoms with Crippen LogP contribution in [0, 0.1) is 0 Å². The van der Waals surface area contributed by atoms with Gasteiger partial charge in [0.2, 0.25) is 0 Å². The van der Waals surface area contributed by atoms with Crippen molar-refractivity contribution >= 4 is 9.84 Å². The summed E-state index contributed by atoms with van der Waals surface area (Å²) in [6.07, 6.45) is 0. The first-order valence-electron chi connectivity index (χ1n) is 6.65. The molecule has 21 heavy (non-hydrogen) atoms. The molecule has 2 rings (SSSR count). The van der Waals surface area contributed by atoms with Crippen LogP contribution in [0.4, 0.5) is 0 Å². The minimum atomic E-state index is -3.38. The molecule has 0 aliphatic heterocycles. The molecule has 0 amide bonds. The van der Waals surface area contributed by atoms with Gasteiger partial charge >= 0.3 is 0 Å². The molecule has 2 aromatic carbocycles. The standard InChI is InChI=1S/C16H19NO3S/c1-17-11-13-8-9-16(20-2)14(10-13)12-21(18,19)15-6-4-3-5-7-15/h3-10,17H,11-12H2,1-2H3. The van der Waals surface area contributed by atoms with Gasteiger partial charge in [0.1, 0.15) is 5.75 Å². The van der Waals surface area contributed by atoms with Crippen LogP contribution in [0.2, 0.25) is 0 Å². The van der Waals surface area contributed by atoms with Crippen LogP contribution in [0.5, 0.6) is 5.75 Å². The third-order valence-corrected chi connectivity index (χ3v) is 4.86. The molecule has 4 nitrogen and oxygen atoms in total. The quantitative estimate of drug-likeness (QED) is 0.890. The monoisotopic (exact) mass is 305 g/mol. The van der Waals surface area contributed by atoms with Gasteiger partial charge in [-0.3, -0.25) is 0 Å². The van der Waals surface area contributed by atoms with E-state index in [-0.39, 0.29) is 5.75 Å². The molecule has 5 heteroatoms. The molecule has 0 atom stereocenters. The van der Waals surface area contributed by atoms with Gasteiger partial charge in [-0.05, 0) is 36.9 Å². The van der Waals surface area contributed by atoms with E-state index in [1.807, 2.05) is 25.2 Å². The Balaban J connectivity index is 2.35. The second kappa shape index (κ2) is 6.74. The molecule has 0 aliphatic carbocycles. The van der Waals surface area contributed by atoms with E-state index in [0.717, 1.165) is 5.56 Å². The zero-order valence-electron chi connectivity index (χ0n) is 12.2. The predicted octanol–water partition coefficient (Wildman–Crippen LogP) is 2.39. The number of hydrogen-bond donors (Lipinski definition) is 1. The molecule has 0 spiro atoms. The average Bonchev–Trinajstić information content (AvgIpc) is 2.48. The smallest absolute Gasteiger partial charge is 0.182 e. The molecular weight excluding hydrogens is 286 g/mol. The highest BCUT2D eigenvalue weighted by molar-refractivity contribution is 7.90. The largest absolute Gasteiger partial charge is 0.496 e. The van der Waals surface area contributed by atoms with Gasteiger partial charge in [0.25, 0.3) is 0 Å². The first-order valence-corrected chi connectivity index (χ1v) is 8.30. The minimum absolute atomic E-state index is 0.0717. The van der Waals surface area contributed by atoms with Crippen molar-refractivity contribution in [3.05, 3.63) is 59.7 Å². The Morgan fingerprint density at radius 1 is 1.10 bits per heavy atom. The molecule has 0 saturated carbocycles. The molecule has 0 aliphatic rings. The van der Waals surface area contributed by atoms with Crippen LogP contribution >= 0.6 is 0 Å². The Bertz CT molecular complexity index is 697. The molecule has 0 bridgehead atoms. The van der Waals surface area contributed by atoms with Crippen molar-refractivity contribution in [3.63, 3.8) is 0 Å². The Morgan fingerprint density at radius 2 is 1.81 bits per heavy atom. The molecule has 1 N–H and O–H groups in total. The Morgan fingerprint density at radius 3 is 2.43 bits per heavy atom. The van der Waals surface area contributed by atoms with Gasteiger partial charge in [0.05, 0.1) is 17.8 Å². The van der Waals surface area contributed by atoms with Crippen LogP contribution in [-0.2, 0) is 22.1 Å². The second-order valence-corrected chi connectivity index (χ2v) is 6.74. The van der Waals surface area contributed by atoms with Gasteiger partial charge in [-0.25, -0.2) is 8.42 Å². The van der Waals surface area contributed by atoms with Crippen LogP contribution in [0.25, 0.3) is 0 Å². The Hall–Kier alpha value is -1.85. The number of sulfone groups is 1. The molecule has 0 unspecified atom stereocenters.